The number of hydrogen-bond acceptors (Lipinski definition) is 4. The van der Waals surface area contributed by atoms with Gasteiger partial charge in [0.25, 0.3) is 5.91 Å². The zero-order chi connectivity index (χ0) is 26.4. The predicted molar refractivity (Wildman–Crippen MR) is 146 cm³/mol. The van der Waals surface area contributed by atoms with Crippen molar-refractivity contribution >= 4 is 41.2 Å². The van der Waals surface area contributed by atoms with Crippen molar-refractivity contribution < 1.29 is 19.1 Å². The number of nitrogens with zero attached hydrogens (tertiary/aromatic N) is 1. The number of urea groups is 1. The smallest absolute Gasteiger partial charge is 0.329 e. The summed E-state index contributed by atoms with van der Waals surface area (Å²) in [6.07, 6.45) is 3.91. The van der Waals surface area contributed by atoms with Crippen LogP contribution in [0.4, 0.5) is 4.79 Å². The Bertz CT molecular complexity index is 1360. The van der Waals surface area contributed by atoms with Crippen molar-refractivity contribution in [2.45, 2.75) is 26.5 Å². The molecule has 4 rings (SSSR count). The van der Waals surface area contributed by atoms with Crippen molar-refractivity contribution in [2.24, 2.45) is 0 Å². The second kappa shape index (κ2) is 12.0. The number of carbonyl (C=O) groups excluding carboxylic acids is 2. The molecule has 1 N–H and O–H groups in total. The van der Waals surface area contributed by atoms with E-state index in [1.165, 1.54) is 4.90 Å². The normalized spacial score (nSPS) is 14.1. The number of allylic oxidation sites excluding steroid dienone is 1. The maximum Gasteiger partial charge on any atom is 0.329 e. The van der Waals surface area contributed by atoms with Gasteiger partial charge in [0, 0.05) is 5.56 Å². The molecule has 1 aliphatic rings. The quantitative estimate of drug-likeness (QED) is 0.176. The molecule has 3 aromatic carbocycles. The van der Waals surface area contributed by atoms with Crippen LogP contribution < -0.4 is 14.8 Å². The molecule has 37 heavy (non-hydrogen) atoms. The van der Waals surface area contributed by atoms with Crippen molar-refractivity contribution in [3.8, 4) is 11.5 Å². The number of amides is 3. The number of halogens is 2. The number of rotatable bonds is 10. The molecule has 0 bridgehead atoms. The van der Waals surface area contributed by atoms with E-state index in [1.807, 2.05) is 49.4 Å². The van der Waals surface area contributed by atoms with Gasteiger partial charge in [0.2, 0.25) is 0 Å². The predicted octanol–water partition coefficient (Wildman–Crippen LogP) is 6.79. The van der Waals surface area contributed by atoms with Crippen LogP contribution in [0.5, 0.6) is 11.5 Å². The Hall–Kier alpha value is -3.74. The van der Waals surface area contributed by atoms with Crippen LogP contribution in [0.3, 0.4) is 0 Å². The molecule has 6 nitrogen and oxygen atoms in total. The highest BCUT2D eigenvalue weighted by Crippen LogP contribution is 2.36. The minimum atomic E-state index is -0.460. The van der Waals surface area contributed by atoms with E-state index < -0.39 is 11.9 Å². The topological polar surface area (TPSA) is 67.9 Å². The summed E-state index contributed by atoms with van der Waals surface area (Å²) in [7, 11) is 0. The molecule has 1 aliphatic heterocycles. The lowest BCUT2D eigenvalue weighted by Gasteiger charge is -2.17. The van der Waals surface area contributed by atoms with Crippen LogP contribution in [-0.2, 0) is 24.4 Å². The molecule has 0 aliphatic carbocycles. The summed E-state index contributed by atoms with van der Waals surface area (Å²) < 4.78 is 12.1. The van der Waals surface area contributed by atoms with Crippen LogP contribution in [0.15, 0.2) is 79.0 Å². The van der Waals surface area contributed by atoms with Gasteiger partial charge in [0.1, 0.15) is 12.3 Å². The monoisotopic (exact) mass is 536 g/mol. The summed E-state index contributed by atoms with van der Waals surface area (Å²) in [5, 5.41) is 3.60. The number of nitrogens with one attached hydrogen (secondary N) is 1. The van der Waals surface area contributed by atoms with E-state index in [0.29, 0.717) is 40.1 Å². The Kier molecular flexibility index (Phi) is 8.54. The Morgan fingerprint density at radius 3 is 2.46 bits per heavy atom. The fourth-order valence-electron chi connectivity index (χ4n) is 3.93. The Balaban J connectivity index is 1.62. The van der Waals surface area contributed by atoms with E-state index in [2.05, 4.69) is 11.9 Å². The van der Waals surface area contributed by atoms with Gasteiger partial charge in [0.15, 0.2) is 11.5 Å². The van der Waals surface area contributed by atoms with Crippen LogP contribution >= 0.6 is 23.2 Å². The van der Waals surface area contributed by atoms with Crippen molar-refractivity contribution in [3.05, 3.63) is 111 Å². The molecule has 1 saturated heterocycles. The van der Waals surface area contributed by atoms with E-state index in [4.69, 9.17) is 32.7 Å². The first-order valence-electron chi connectivity index (χ1n) is 11.8. The number of hydrogen-bond donors (Lipinski definition) is 1. The molecule has 0 aromatic heterocycles. The molecule has 8 heteroatoms. The zero-order valence-corrected chi connectivity index (χ0v) is 21.8. The molecule has 1 fully saturated rings. The van der Waals surface area contributed by atoms with Gasteiger partial charge < -0.3 is 14.8 Å². The molecule has 3 amide bonds. The molecule has 3 aromatic rings. The van der Waals surface area contributed by atoms with Gasteiger partial charge in [0.05, 0.1) is 23.2 Å². The van der Waals surface area contributed by atoms with Gasteiger partial charge in [-0.25, -0.2) is 4.79 Å². The van der Waals surface area contributed by atoms with Crippen molar-refractivity contribution in [1.82, 2.24) is 10.2 Å². The molecule has 0 saturated carbocycles. The third-order valence-corrected chi connectivity index (χ3v) is 6.38. The minimum Gasteiger partial charge on any atom is -0.490 e. The van der Waals surface area contributed by atoms with Crippen molar-refractivity contribution in [2.75, 3.05) is 6.61 Å². The van der Waals surface area contributed by atoms with Crippen LogP contribution in [0.25, 0.3) is 6.08 Å². The number of benzene rings is 3. The highest BCUT2D eigenvalue weighted by Gasteiger charge is 2.33. The van der Waals surface area contributed by atoms with E-state index in [9.17, 15) is 9.59 Å². The summed E-state index contributed by atoms with van der Waals surface area (Å²) in [6, 6.07) is 17.9. The minimum absolute atomic E-state index is 0.191. The average Bonchev–Trinajstić information content (AvgIpc) is 3.14. The highest BCUT2D eigenvalue weighted by molar-refractivity contribution is 6.42. The van der Waals surface area contributed by atoms with Crippen molar-refractivity contribution in [3.63, 3.8) is 0 Å². The molecular formula is C29H26Cl2N2O4. The first kappa shape index (κ1) is 26.3. The molecule has 0 radical (unpaired) electrons. The third kappa shape index (κ3) is 6.34. The SMILES string of the molecule is C=CCc1cc(/C=C2/NC(=O)N(Cc3ccccc3)C2=O)cc(OCC)c1OCc1ccc(Cl)c(Cl)c1. The first-order chi connectivity index (χ1) is 17.9. The van der Waals surface area contributed by atoms with Gasteiger partial charge in [-0.15, -0.1) is 6.58 Å². The first-order valence-corrected chi connectivity index (χ1v) is 12.5. The molecular weight excluding hydrogens is 511 g/mol. The van der Waals surface area contributed by atoms with Crippen LogP contribution in [0.2, 0.25) is 10.0 Å². The summed E-state index contributed by atoms with van der Waals surface area (Å²) in [6.45, 7) is 6.59. The summed E-state index contributed by atoms with van der Waals surface area (Å²) in [4.78, 5) is 26.7. The van der Waals surface area contributed by atoms with Gasteiger partial charge in [-0.3, -0.25) is 9.69 Å². The Morgan fingerprint density at radius 1 is 0.973 bits per heavy atom. The number of ether oxygens (including phenoxy) is 2. The Labute approximate surface area is 226 Å². The van der Waals surface area contributed by atoms with Crippen LogP contribution in [0, 0.1) is 0 Å². The second-order valence-corrected chi connectivity index (χ2v) is 9.15. The lowest BCUT2D eigenvalue weighted by molar-refractivity contribution is -0.123. The standard InChI is InChI=1S/C29H26Cl2N2O4/c1-3-8-22-13-21(15-25-28(34)33(29(35)32-25)17-19-9-6-5-7-10-19)16-26(36-4-2)27(22)37-18-20-11-12-23(30)24(31)14-20/h3,5-7,9-16H,1,4,8,17-18H2,2H3,(H,32,35)/b25-15+. The lowest BCUT2D eigenvalue weighted by Crippen LogP contribution is -2.30. The molecule has 0 atom stereocenters. The maximum absolute atomic E-state index is 13.0. The molecule has 0 unspecified atom stereocenters. The number of imide groups is 1. The molecule has 1 heterocycles. The fraction of sp³-hybridized carbons (Fsp3) is 0.172. The summed E-state index contributed by atoms with van der Waals surface area (Å²) in [5.41, 5.74) is 3.42. The highest BCUT2D eigenvalue weighted by atomic mass is 35.5. The zero-order valence-electron chi connectivity index (χ0n) is 20.3. The van der Waals surface area contributed by atoms with Gasteiger partial charge in [-0.1, -0.05) is 65.7 Å². The molecule has 0 spiro atoms. The fourth-order valence-corrected chi connectivity index (χ4v) is 4.25. The van der Waals surface area contributed by atoms with E-state index in [1.54, 1.807) is 30.4 Å². The second-order valence-electron chi connectivity index (χ2n) is 8.34. The largest absolute Gasteiger partial charge is 0.490 e. The lowest BCUT2D eigenvalue weighted by atomic mass is 10.0. The summed E-state index contributed by atoms with van der Waals surface area (Å²) in [5.74, 6) is 0.700. The van der Waals surface area contributed by atoms with Gasteiger partial charge in [-0.05, 0) is 60.4 Å². The van der Waals surface area contributed by atoms with Crippen LogP contribution in [-0.4, -0.2) is 23.4 Å². The van der Waals surface area contributed by atoms with Crippen LogP contribution in [0.1, 0.15) is 29.2 Å². The summed E-state index contributed by atoms with van der Waals surface area (Å²) >= 11 is 12.2. The van der Waals surface area contributed by atoms with E-state index >= 15 is 0 Å². The number of carbonyl (C=O) groups is 2. The van der Waals surface area contributed by atoms with E-state index in [-0.39, 0.29) is 18.8 Å². The van der Waals surface area contributed by atoms with Crippen molar-refractivity contribution in [1.29, 1.82) is 0 Å². The van der Waals surface area contributed by atoms with E-state index in [0.717, 1.165) is 16.7 Å². The molecule has 190 valence electrons. The average molecular weight is 537 g/mol. The van der Waals surface area contributed by atoms with Gasteiger partial charge in [-0.2, -0.15) is 0 Å². The Morgan fingerprint density at radius 2 is 1.76 bits per heavy atom. The van der Waals surface area contributed by atoms with Gasteiger partial charge >= 0.3 is 6.03 Å². The third-order valence-electron chi connectivity index (χ3n) is 5.64. The maximum atomic E-state index is 13.0.